The van der Waals surface area contributed by atoms with Gasteiger partial charge in [-0.25, -0.2) is 8.42 Å². The van der Waals surface area contributed by atoms with Crippen molar-refractivity contribution >= 4 is 39.2 Å². The lowest BCUT2D eigenvalue weighted by Gasteiger charge is -2.26. The van der Waals surface area contributed by atoms with E-state index in [0.717, 1.165) is 44.9 Å². The molecule has 29 heavy (non-hydrogen) atoms. The Bertz CT molecular complexity index is 846. The second-order valence-corrected chi connectivity index (χ2v) is 10.0. The van der Waals surface area contributed by atoms with Crippen LogP contribution in [0, 0.1) is 5.92 Å². The minimum Gasteiger partial charge on any atom is -0.456 e. The summed E-state index contributed by atoms with van der Waals surface area (Å²) in [5.41, 5.74) is 0.182. The van der Waals surface area contributed by atoms with E-state index in [1.165, 1.54) is 22.5 Å². The van der Waals surface area contributed by atoms with Crippen molar-refractivity contribution in [2.45, 2.75) is 56.3 Å². The van der Waals surface area contributed by atoms with Gasteiger partial charge in [0.15, 0.2) is 6.61 Å². The van der Waals surface area contributed by atoms with Gasteiger partial charge in [-0.05, 0) is 49.8 Å². The summed E-state index contributed by atoms with van der Waals surface area (Å²) in [6.45, 7) is 0.554. The van der Waals surface area contributed by atoms with Crippen LogP contribution < -0.4 is 5.32 Å². The summed E-state index contributed by atoms with van der Waals surface area (Å²) in [5, 5.41) is 2.76. The van der Waals surface area contributed by atoms with E-state index in [2.05, 4.69) is 5.32 Å². The van der Waals surface area contributed by atoms with Crippen LogP contribution >= 0.6 is 11.6 Å². The van der Waals surface area contributed by atoms with Gasteiger partial charge in [0.1, 0.15) is 0 Å². The van der Waals surface area contributed by atoms with Crippen molar-refractivity contribution in [3.05, 3.63) is 23.2 Å². The fourth-order valence-electron chi connectivity index (χ4n) is 3.86. The van der Waals surface area contributed by atoms with Crippen molar-refractivity contribution in [1.29, 1.82) is 0 Å². The maximum absolute atomic E-state index is 12.8. The Morgan fingerprint density at radius 2 is 1.79 bits per heavy atom. The minimum atomic E-state index is -3.64. The van der Waals surface area contributed by atoms with Crippen molar-refractivity contribution in [3.63, 3.8) is 0 Å². The molecule has 1 saturated carbocycles. The second-order valence-electron chi connectivity index (χ2n) is 7.67. The summed E-state index contributed by atoms with van der Waals surface area (Å²) >= 11 is 6.12. The number of esters is 1. The summed E-state index contributed by atoms with van der Waals surface area (Å²) in [6, 6.07) is 4.23. The fraction of sp³-hybridized carbons (Fsp3) is 0.600. The highest BCUT2D eigenvalue weighted by atomic mass is 35.5. The second kappa shape index (κ2) is 9.91. The van der Waals surface area contributed by atoms with Crippen LogP contribution in [0.1, 0.15) is 51.4 Å². The predicted octanol–water partition coefficient (Wildman–Crippen LogP) is 3.58. The van der Waals surface area contributed by atoms with Gasteiger partial charge in [0.25, 0.3) is 5.91 Å². The molecular formula is C20H27ClN2O5S. The van der Waals surface area contributed by atoms with E-state index in [9.17, 15) is 18.0 Å². The molecule has 9 heteroatoms. The highest BCUT2D eigenvalue weighted by Gasteiger charge is 2.27. The number of rotatable bonds is 7. The van der Waals surface area contributed by atoms with E-state index in [1.54, 1.807) is 0 Å². The first-order valence-electron chi connectivity index (χ1n) is 10.1. The third-order valence-electron chi connectivity index (χ3n) is 5.46. The lowest BCUT2D eigenvalue weighted by atomic mass is 10.1. The first-order chi connectivity index (χ1) is 13.9. The van der Waals surface area contributed by atoms with Crippen molar-refractivity contribution in [1.82, 2.24) is 4.31 Å². The van der Waals surface area contributed by atoms with Crippen LogP contribution in [0.25, 0.3) is 0 Å². The molecule has 1 heterocycles. The van der Waals surface area contributed by atoms with Crippen LogP contribution in [0.2, 0.25) is 5.02 Å². The molecule has 0 spiro atoms. The Labute approximate surface area is 176 Å². The number of piperidine rings is 1. The Morgan fingerprint density at radius 1 is 1.10 bits per heavy atom. The largest absolute Gasteiger partial charge is 0.456 e. The van der Waals surface area contributed by atoms with E-state index in [4.69, 9.17) is 16.3 Å². The first kappa shape index (κ1) is 22.1. The van der Waals surface area contributed by atoms with Crippen molar-refractivity contribution in [3.8, 4) is 0 Å². The molecule has 1 aliphatic heterocycles. The maximum Gasteiger partial charge on any atom is 0.306 e. The number of carbonyl (C=O) groups is 2. The van der Waals surface area contributed by atoms with Gasteiger partial charge >= 0.3 is 5.97 Å². The van der Waals surface area contributed by atoms with E-state index >= 15 is 0 Å². The van der Waals surface area contributed by atoms with E-state index in [0.29, 0.717) is 25.4 Å². The topological polar surface area (TPSA) is 92.8 Å². The summed E-state index contributed by atoms with van der Waals surface area (Å²) < 4.78 is 32.1. The Kier molecular flexibility index (Phi) is 7.54. The van der Waals surface area contributed by atoms with Gasteiger partial charge in [-0.15, -0.1) is 0 Å². The van der Waals surface area contributed by atoms with Crippen LogP contribution in [0.5, 0.6) is 0 Å². The van der Waals surface area contributed by atoms with Crippen LogP contribution in [0.4, 0.5) is 5.69 Å². The quantitative estimate of drug-likeness (QED) is 0.651. The van der Waals surface area contributed by atoms with Gasteiger partial charge in [0.2, 0.25) is 10.0 Å². The number of hydrogen-bond donors (Lipinski definition) is 1. The van der Waals surface area contributed by atoms with Crippen LogP contribution in [0.15, 0.2) is 23.1 Å². The Hall–Kier alpha value is -1.64. The number of nitrogens with one attached hydrogen (secondary N) is 1. The molecule has 1 aromatic carbocycles. The number of ether oxygens (including phenoxy) is 1. The average molecular weight is 443 g/mol. The number of nitrogens with zero attached hydrogens (tertiary/aromatic N) is 1. The number of sulfonamides is 1. The lowest BCUT2D eigenvalue weighted by molar-refractivity contribution is -0.148. The number of hydrogen-bond acceptors (Lipinski definition) is 5. The maximum atomic E-state index is 12.8. The van der Waals surface area contributed by atoms with Gasteiger partial charge in [0, 0.05) is 19.5 Å². The fourth-order valence-corrected chi connectivity index (χ4v) is 5.57. The number of anilines is 1. The molecule has 1 N–H and O–H groups in total. The van der Waals surface area contributed by atoms with Gasteiger partial charge in [0.05, 0.1) is 15.6 Å². The minimum absolute atomic E-state index is 0.0809. The van der Waals surface area contributed by atoms with Crippen LogP contribution in [0.3, 0.4) is 0 Å². The molecule has 3 rings (SSSR count). The molecule has 0 atom stereocenters. The lowest BCUT2D eigenvalue weighted by Crippen LogP contribution is -2.35. The smallest absolute Gasteiger partial charge is 0.306 e. The highest BCUT2D eigenvalue weighted by molar-refractivity contribution is 7.89. The summed E-state index contributed by atoms with van der Waals surface area (Å²) in [5.74, 6) is -0.601. The monoisotopic (exact) mass is 442 g/mol. The molecule has 1 saturated heterocycles. The highest BCUT2D eigenvalue weighted by Crippen LogP contribution is 2.29. The number of amides is 1. The number of halogens is 1. The van der Waals surface area contributed by atoms with Gasteiger partial charge in [-0.3, -0.25) is 9.59 Å². The molecule has 2 aliphatic rings. The molecule has 7 nitrogen and oxygen atoms in total. The Balaban J connectivity index is 1.59. The van der Waals surface area contributed by atoms with E-state index in [1.807, 2.05) is 0 Å². The number of carbonyl (C=O) groups excluding carboxylic acids is 2. The zero-order chi connectivity index (χ0) is 20.9. The SMILES string of the molecule is O=C(COC(=O)CC1CCCC1)Nc1cc(S(=O)(=O)N2CCCCC2)ccc1Cl. The van der Waals surface area contributed by atoms with Crippen LogP contribution in [-0.4, -0.2) is 44.3 Å². The van der Waals surface area contributed by atoms with Crippen LogP contribution in [-0.2, 0) is 24.3 Å². The molecule has 1 aliphatic carbocycles. The molecule has 0 unspecified atom stereocenters. The molecule has 2 fully saturated rings. The molecule has 1 aromatic rings. The summed E-state index contributed by atoms with van der Waals surface area (Å²) in [7, 11) is -3.64. The molecular weight excluding hydrogens is 416 g/mol. The normalized spacial score (nSPS) is 18.5. The van der Waals surface area contributed by atoms with Gasteiger partial charge < -0.3 is 10.1 Å². The van der Waals surface area contributed by atoms with E-state index in [-0.39, 0.29) is 21.6 Å². The Morgan fingerprint density at radius 3 is 2.48 bits per heavy atom. The van der Waals surface area contributed by atoms with Crippen molar-refractivity contribution in [2.75, 3.05) is 25.0 Å². The zero-order valence-corrected chi connectivity index (χ0v) is 17.9. The average Bonchev–Trinajstić information content (AvgIpc) is 3.21. The third kappa shape index (κ3) is 5.93. The summed E-state index contributed by atoms with van der Waals surface area (Å²) in [4.78, 5) is 24.1. The number of benzene rings is 1. The van der Waals surface area contributed by atoms with Gasteiger partial charge in [-0.2, -0.15) is 4.31 Å². The molecule has 0 radical (unpaired) electrons. The van der Waals surface area contributed by atoms with Gasteiger partial charge in [-0.1, -0.05) is 30.9 Å². The first-order valence-corrected chi connectivity index (χ1v) is 11.9. The molecule has 0 aromatic heterocycles. The zero-order valence-electron chi connectivity index (χ0n) is 16.4. The van der Waals surface area contributed by atoms with Crippen molar-refractivity contribution < 1.29 is 22.7 Å². The third-order valence-corrected chi connectivity index (χ3v) is 7.68. The molecule has 160 valence electrons. The van der Waals surface area contributed by atoms with Crippen molar-refractivity contribution in [2.24, 2.45) is 5.92 Å². The summed E-state index contributed by atoms with van der Waals surface area (Å²) in [6.07, 6.45) is 7.34. The van der Waals surface area contributed by atoms with E-state index < -0.39 is 22.5 Å². The predicted molar refractivity (Wildman–Crippen MR) is 110 cm³/mol. The molecule has 1 amide bonds. The molecule has 0 bridgehead atoms. The standard InChI is InChI=1S/C20H27ClN2O5S/c21-17-9-8-16(29(26,27)23-10-4-1-5-11-23)13-18(17)22-19(24)14-28-20(25)12-15-6-2-3-7-15/h8-9,13,15H,1-7,10-12,14H2,(H,22,24).